The maximum atomic E-state index is 11.8. The summed E-state index contributed by atoms with van der Waals surface area (Å²) in [4.78, 5) is 2.58. The van der Waals surface area contributed by atoms with Crippen LogP contribution >= 0.6 is 0 Å². The van der Waals surface area contributed by atoms with Gasteiger partial charge in [0.1, 0.15) is 5.75 Å². The van der Waals surface area contributed by atoms with Crippen molar-refractivity contribution in [1.29, 1.82) is 0 Å². The minimum atomic E-state index is -0.155. The zero-order valence-corrected chi connectivity index (χ0v) is 24.4. The number of phenolic OH excluding ortho intramolecular Hbond substituents is 1. The molecule has 0 radical (unpaired) electrons. The first kappa shape index (κ1) is 28.4. The van der Waals surface area contributed by atoms with Gasteiger partial charge in [0.05, 0.1) is 6.04 Å². The quantitative estimate of drug-likeness (QED) is 0.157. The molecule has 0 saturated heterocycles. The predicted molar refractivity (Wildman–Crippen MR) is 178 cm³/mol. The molecule has 6 aromatic rings. The summed E-state index contributed by atoms with van der Waals surface area (Å²) in [7, 11) is 0. The monoisotopic (exact) mass is 562 g/mol. The van der Waals surface area contributed by atoms with Crippen LogP contribution in [0.4, 0.5) is 0 Å². The number of hydrogen-bond acceptors (Lipinski definition) is 3. The molecule has 0 aliphatic rings. The smallest absolute Gasteiger partial charge is 0.128 e. The van der Waals surface area contributed by atoms with Crippen LogP contribution in [0.1, 0.15) is 33.9 Å². The van der Waals surface area contributed by atoms with E-state index in [1.807, 2.05) is 18.2 Å². The molecule has 6 rings (SSSR count). The lowest BCUT2D eigenvalue weighted by molar-refractivity contribution is 0.136. The van der Waals surface area contributed by atoms with Crippen molar-refractivity contribution in [3.05, 3.63) is 186 Å². The third kappa shape index (κ3) is 7.21. The minimum Gasteiger partial charge on any atom is -0.507 e. The first-order chi connectivity index (χ1) is 21.2. The highest BCUT2D eigenvalue weighted by molar-refractivity contribution is 5.89. The molecule has 0 aromatic heterocycles. The van der Waals surface area contributed by atoms with E-state index in [0.717, 1.165) is 35.8 Å². The molecule has 0 amide bonds. The van der Waals surface area contributed by atoms with Crippen molar-refractivity contribution in [3.63, 3.8) is 0 Å². The molecule has 0 aliphatic carbocycles. The molecular weight excluding hydrogens is 524 g/mol. The molecule has 3 heteroatoms. The molecule has 43 heavy (non-hydrogen) atoms. The number of aromatic hydroxyl groups is 1. The molecule has 0 aliphatic heterocycles. The molecule has 2 N–H and O–H groups in total. The Morgan fingerprint density at radius 1 is 0.512 bits per heavy atom. The van der Waals surface area contributed by atoms with Gasteiger partial charge in [-0.1, -0.05) is 158 Å². The van der Waals surface area contributed by atoms with Gasteiger partial charge >= 0.3 is 0 Å². The topological polar surface area (TPSA) is 35.5 Å². The van der Waals surface area contributed by atoms with Crippen LogP contribution < -0.4 is 5.32 Å². The van der Waals surface area contributed by atoms with Crippen LogP contribution in [-0.2, 0) is 26.1 Å². The summed E-state index contributed by atoms with van der Waals surface area (Å²) < 4.78 is 0. The van der Waals surface area contributed by atoms with Crippen LogP contribution in [-0.4, -0.2) is 16.0 Å². The van der Waals surface area contributed by atoms with E-state index in [2.05, 4.69) is 150 Å². The number of rotatable bonds is 12. The van der Waals surface area contributed by atoms with Crippen LogP contribution in [0, 0.1) is 0 Å². The average molecular weight is 563 g/mol. The summed E-state index contributed by atoms with van der Waals surface area (Å²) in [5, 5.41) is 17.7. The number of benzene rings is 6. The van der Waals surface area contributed by atoms with Gasteiger partial charge in [0.15, 0.2) is 0 Å². The van der Waals surface area contributed by atoms with E-state index in [4.69, 9.17) is 0 Å². The van der Waals surface area contributed by atoms with Crippen molar-refractivity contribution in [3.8, 4) is 5.75 Å². The molecule has 0 spiro atoms. The van der Waals surface area contributed by atoms with E-state index in [-0.39, 0.29) is 12.1 Å². The summed E-state index contributed by atoms with van der Waals surface area (Å²) in [6.45, 7) is 2.25. The van der Waals surface area contributed by atoms with Gasteiger partial charge < -0.3 is 10.4 Å². The Hall–Kier alpha value is -4.70. The van der Waals surface area contributed by atoms with Gasteiger partial charge in [0, 0.05) is 36.6 Å². The lowest BCUT2D eigenvalue weighted by Gasteiger charge is -2.39. The van der Waals surface area contributed by atoms with Gasteiger partial charge in [0.2, 0.25) is 0 Å². The number of nitrogens with zero attached hydrogens (tertiary/aromatic N) is 1. The maximum absolute atomic E-state index is 11.8. The van der Waals surface area contributed by atoms with Crippen molar-refractivity contribution in [2.45, 2.75) is 38.1 Å². The molecule has 0 bridgehead atoms. The van der Waals surface area contributed by atoms with Crippen molar-refractivity contribution >= 4 is 10.8 Å². The molecule has 0 saturated carbocycles. The van der Waals surface area contributed by atoms with E-state index < -0.39 is 0 Å². The van der Waals surface area contributed by atoms with Crippen LogP contribution in [0.25, 0.3) is 10.8 Å². The van der Waals surface area contributed by atoms with Crippen molar-refractivity contribution in [2.24, 2.45) is 0 Å². The Labute approximate surface area is 255 Å². The Bertz CT molecular complexity index is 1660. The second-order valence-electron chi connectivity index (χ2n) is 11.2. The normalized spacial score (nSPS) is 12.8. The Morgan fingerprint density at radius 3 is 1.58 bits per heavy atom. The molecule has 0 unspecified atom stereocenters. The van der Waals surface area contributed by atoms with E-state index in [1.165, 1.54) is 22.3 Å². The molecule has 0 fully saturated rings. The van der Waals surface area contributed by atoms with E-state index in [9.17, 15) is 5.11 Å². The minimum absolute atomic E-state index is 0.0265. The first-order valence-electron chi connectivity index (χ1n) is 15.1. The second kappa shape index (κ2) is 14.0. The Balaban J connectivity index is 1.48. The summed E-state index contributed by atoms with van der Waals surface area (Å²) in [5.41, 5.74) is 5.93. The lowest BCUT2D eigenvalue weighted by atomic mass is 9.89. The third-order valence-corrected chi connectivity index (χ3v) is 8.23. The molecule has 6 aromatic carbocycles. The summed E-state index contributed by atoms with van der Waals surface area (Å²) in [6.07, 6.45) is 0.819. The number of nitrogens with one attached hydrogen (secondary N) is 1. The first-order valence-corrected chi connectivity index (χ1v) is 15.1. The van der Waals surface area contributed by atoms with E-state index >= 15 is 0 Å². The fraction of sp³-hybridized carbons (Fsp3) is 0.150. The maximum Gasteiger partial charge on any atom is 0.128 e. The molecular formula is C40H38N2O. The standard InChI is InChI=1S/C40H38N2O/c43-40-36-24-14-13-23-35(36)25-26-37(40)39(41-28-32-17-7-2-8-18-32)38(27-31-15-5-1-6-16-31)42(29-33-19-9-3-10-20-33)30-34-21-11-4-12-22-34/h1-26,38-39,41,43H,27-30H2/t38-,39-/m0/s1. The summed E-state index contributed by atoms with van der Waals surface area (Å²) in [6, 6.07) is 54.9. The zero-order chi connectivity index (χ0) is 29.3. The van der Waals surface area contributed by atoms with Crippen molar-refractivity contribution < 1.29 is 5.11 Å². The Morgan fingerprint density at radius 2 is 1.00 bits per heavy atom. The van der Waals surface area contributed by atoms with Crippen LogP contribution in [0.15, 0.2) is 158 Å². The SMILES string of the molecule is Oc1c([C@H](NCc2ccccc2)[C@H](Cc2ccccc2)N(Cc2ccccc2)Cc2ccccc2)ccc2ccccc12. The molecule has 3 nitrogen and oxygen atoms in total. The van der Waals surface area contributed by atoms with Crippen molar-refractivity contribution in [1.82, 2.24) is 10.2 Å². The highest BCUT2D eigenvalue weighted by atomic mass is 16.3. The number of hydrogen-bond donors (Lipinski definition) is 2. The van der Waals surface area contributed by atoms with Gasteiger partial charge in [-0.2, -0.15) is 0 Å². The predicted octanol–water partition coefficient (Wildman–Crippen LogP) is 8.69. The molecule has 214 valence electrons. The van der Waals surface area contributed by atoms with Crippen LogP contribution in [0.2, 0.25) is 0 Å². The van der Waals surface area contributed by atoms with Crippen molar-refractivity contribution in [2.75, 3.05) is 0 Å². The van der Waals surface area contributed by atoms with E-state index in [1.54, 1.807) is 0 Å². The highest BCUT2D eigenvalue weighted by Gasteiger charge is 2.31. The van der Waals surface area contributed by atoms with Crippen LogP contribution in [0.5, 0.6) is 5.75 Å². The average Bonchev–Trinajstić information content (AvgIpc) is 3.07. The molecule has 2 atom stereocenters. The highest BCUT2D eigenvalue weighted by Crippen LogP contribution is 2.37. The van der Waals surface area contributed by atoms with Gasteiger partial charge in [-0.05, 0) is 34.1 Å². The fourth-order valence-electron chi connectivity index (χ4n) is 6.04. The largest absolute Gasteiger partial charge is 0.507 e. The van der Waals surface area contributed by atoms with Gasteiger partial charge in [-0.25, -0.2) is 0 Å². The summed E-state index contributed by atoms with van der Waals surface area (Å²) in [5.74, 6) is 0.348. The van der Waals surface area contributed by atoms with Crippen LogP contribution in [0.3, 0.4) is 0 Å². The Kier molecular flexibility index (Phi) is 9.24. The van der Waals surface area contributed by atoms with Gasteiger partial charge in [-0.15, -0.1) is 0 Å². The fourth-order valence-corrected chi connectivity index (χ4v) is 6.04. The molecule has 0 heterocycles. The lowest BCUT2D eigenvalue weighted by Crippen LogP contribution is -2.45. The number of phenols is 1. The summed E-state index contributed by atoms with van der Waals surface area (Å²) >= 11 is 0. The zero-order valence-electron chi connectivity index (χ0n) is 24.4. The number of fused-ring (bicyclic) bond motifs is 1. The van der Waals surface area contributed by atoms with Gasteiger partial charge in [-0.3, -0.25) is 4.90 Å². The van der Waals surface area contributed by atoms with Gasteiger partial charge in [0.25, 0.3) is 0 Å². The third-order valence-electron chi connectivity index (χ3n) is 8.23. The van der Waals surface area contributed by atoms with E-state index in [0.29, 0.717) is 12.3 Å². The second-order valence-corrected chi connectivity index (χ2v) is 11.2.